The van der Waals surface area contributed by atoms with Gasteiger partial charge in [-0.15, -0.1) is 0 Å². The normalized spacial score (nSPS) is 10.8. The summed E-state index contributed by atoms with van der Waals surface area (Å²) in [4.78, 5) is 18.8. The Kier molecular flexibility index (Phi) is 6.78. The van der Waals surface area contributed by atoms with Crippen LogP contribution in [-0.4, -0.2) is 32.2 Å². The fourth-order valence-electron chi connectivity index (χ4n) is 2.75. The second kappa shape index (κ2) is 9.69. The number of amides is 1. The van der Waals surface area contributed by atoms with Crippen LogP contribution in [0.5, 0.6) is 5.75 Å². The third-order valence-corrected chi connectivity index (χ3v) is 4.21. The molecule has 0 radical (unpaired) electrons. The van der Waals surface area contributed by atoms with Crippen molar-refractivity contribution in [3.63, 3.8) is 0 Å². The SMILES string of the molecule is CC(C)COc1ccc(CN(Cc2ccncc2)C(=O)Cn2cccn2)cc1. The number of ether oxygens (including phenoxy) is 1. The highest BCUT2D eigenvalue weighted by Crippen LogP contribution is 2.16. The van der Waals surface area contributed by atoms with E-state index in [9.17, 15) is 4.79 Å². The molecular weight excluding hydrogens is 352 g/mol. The summed E-state index contributed by atoms with van der Waals surface area (Å²) in [5.41, 5.74) is 2.10. The van der Waals surface area contributed by atoms with Crippen LogP contribution in [0, 0.1) is 5.92 Å². The molecule has 6 nitrogen and oxygen atoms in total. The Morgan fingerprint density at radius 3 is 2.32 bits per heavy atom. The molecule has 0 spiro atoms. The number of rotatable bonds is 9. The van der Waals surface area contributed by atoms with Crippen molar-refractivity contribution in [1.29, 1.82) is 0 Å². The zero-order valence-electron chi connectivity index (χ0n) is 16.4. The van der Waals surface area contributed by atoms with E-state index in [0.29, 0.717) is 25.6 Å². The predicted octanol–water partition coefficient (Wildman–Crippen LogP) is 3.54. The third kappa shape index (κ3) is 5.94. The number of nitrogens with zero attached hydrogens (tertiary/aromatic N) is 4. The van der Waals surface area contributed by atoms with Gasteiger partial charge in [-0.05, 0) is 47.4 Å². The van der Waals surface area contributed by atoms with Gasteiger partial charge < -0.3 is 9.64 Å². The summed E-state index contributed by atoms with van der Waals surface area (Å²) < 4.78 is 7.39. The van der Waals surface area contributed by atoms with Crippen LogP contribution in [0.25, 0.3) is 0 Å². The second-order valence-corrected chi connectivity index (χ2v) is 7.16. The molecule has 0 aliphatic heterocycles. The van der Waals surface area contributed by atoms with E-state index in [2.05, 4.69) is 23.9 Å². The monoisotopic (exact) mass is 378 g/mol. The fourth-order valence-corrected chi connectivity index (χ4v) is 2.75. The standard InChI is InChI=1S/C22H26N4O2/c1-18(2)17-28-21-6-4-19(5-7-21)14-25(15-20-8-11-23-12-9-20)22(27)16-26-13-3-10-24-26/h3-13,18H,14-17H2,1-2H3. The van der Waals surface area contributed by atoms with Gasteiger partial charge in [0.25, 0.3) is 0 Å². The lowest BCUT2D eigenvalue weighted by molar-refractivity contribution is -0.133. The first-order valence-electron chi connectivity index (χ1n) is 9.46. The van der Waals surface area contributed by atoms with Gasteiger partial charge in [0.15, 0.2) is 0 Å². The Hall–Kier alpha value is -3.15. The second-order valence-electron chi connectivity index (χ2n) is 7.16. The van der Waals surface area contributed by atoms with E-state index in [1.165, 1.54) is 0 Å². The average Bonchev–Trinajstić information content (AvgIpc) is 3.20. The minimum atomic E-state index is 0.0145. The molecule has 146 valence electrons. The predicted molar refractivity (Wildman–Crippen MR) is 107 cm³/mol. The van der Waals surface area contributed by atoms with Crippen LogP contribution in [0.2, 0.25) is 0 Å². The van der Waals surface area contributed by atoms with Crippen LogP contribution < -0.4 is 4.74 Å². The van der Waals surface area contributed by atoms with E-state index >= 15 is 0 Å². The van der Waals surface area contributed by atoms with Gasteiger partial charge in [-0.25, -0.2) is 0 Å². The lowest BCUT2D eigenvalue weighted by Crippen LogP contribution is -2.33. The number of pyridine rings is 1. The molecule has 3 rings (SSSR count). The van der Waals surface area contributed by atoms with Crippen LogP contribution in [0.15, 0.2) is 67.3 Å². The van der Waals surface area contributed by atoms with Crippen LogP contribution in [0.4, 0.5) is 0 Å². The molecule has 2 aromatic heterocycles. The van der Waals surface area contributed by atoms with Crippen molar-refractivity contribution in [2.45, 2.75) is 33.5 Å². The topological polar surface area (TPSA) is 60.2 Å². The van der Waals surface area contributed by atoms with Gasteiger partial charge >= 0.3 is 0 Å². The first-order chi connectivity index (χ1) is 13.6. The molecule has 1 aromatic carbocycles. The summed E-state index contributed by atoms with van der Waals surface area (Å²) in [7, 11) is 0. The zero-order valence-corrected chi connectivity index (χ0v) is 16.4. The Balaban J connectivity index is 1.69. The molecule has 28 heavy (non-hydrogen) atoms. The van der Waals surface area contributed by atoms with Crippen molar-refractivity contribution >= 4 is 5.91 Å². The Bertz CT molecular complexity index is 846. The van der Waals surface area contributed by atoms with E-state index < -0.39 is 0 Å². The van der Waals surface area contributed by atoms with Gasteiger partial charge in [-0.3, -0.25) is 14.5 Å². The van der Waals surface area contributed by atoms with E-state index in [1.54, 1.807) is 29.5 Å². The molecule has 0 atom stereocenters. The van der Waals surface area contributed by atoms with E-state index in [4.69, 9.17) is 4.74 Å². The maximum Gasteiger partial charge on any atom is 0.244 e. The Morgan fingerprint density at radius 1 is 1.04 bits per heavy atom. The molecule has 6 heteroatoms. The quantitative estimate of drug-likeness (QED) is 0.571. The van der Waals surface area contributed by atoms with Gasteiger partial charge in [-0.2, -0.15) is 5.10 Å². The molecule has 0 saturated heterocycles. The Labute approximate surface area is 165 Å². The summed E-state index contributed by atoms with van der Waals surface area (Å²) in [6.45, 7) is 6.19. The lowest BCUT2D eigenvalue weighted by Gasteiger charge is -2.23. The van der Waals surface area contributed by atoms with Crippen LogP contribution in [0.1, 0.15) is 25.0 Å². The highest BCUT2D eigenvalue weighted by atomic mass is 16.5. The maximum atomic E-state index is 12.9. The van der Waals surface area contributed by atoms with Crippen LogP contribution in [-0.2, 0) is 24.4 Å². The Morgan fingerprint density at radius 2 is 1.71 bits per heavy atom. The largest absolute Gasteiger partial charge is 0.493 e. The van der Waals surface area contributed by atoms with Crippen molar-refractivity contribution in [2.75, 3.05) is 6.61 Å². The smallest absolute Gasteiger partial charge is 0.244 e. The molecule has 2 heterocycles. The van der Waals surface area contributed by atoms with Gasteiger partial charge in [-0.1, -0.05) is 26.0 Å². The summed E-state index contributed by atoms with van der Waals surface area (Å²) in [5, 5.41) is 4.14. The van der Waals surface area contributed by atoms with E-state index in [-0.39, 0.29) is 12.5 Å². The highest BCUT2D eigenvalue weighted by molar-refractivity contribution is 5.76. The van der Waals surface area contributed by atoms with E-state index in [0.717, 1.165) is 16.9 Å². The molecule has 0 saturated carbocycles. The molecule has 3 aromatic rings. The molecule has 0 unspecified atom stereocenters. The summed E-state index contributed by atoms with van der Waals surface area (Å²) in [6.07, 6.45) is 6.96. The first-order valence-corrected chi connectivity index (χ1v) is 9.46. The third-order valence-electron chi connectivity index (χ3n) is 4.21. The van der Waals surface area contributed by atoms with Crippen molar-refractivity contribution in [2.24, 2.45) is 5.92 Å². The molecular formula is C22H26N4O2. The first kappa shape index (κ1) is 19.6. The van der Waals surface area contributed by atoms with Gasteiger partial charge in [0.05, 0.1) is 6.61 Å². The number of carbonyl (C=O) groups is 1. The summed E-state index contributed by atoms with van der Waals surface area (Å²) in [5.74, 6) is 1.34. The van der Waals surface area contributed by atoms with Gasteiger partial charge in [0, 0.05) is 37.9 Å². The fraction of sp³-hybridized carbons (Fsp3) is 0.318. The van der Waals surface area contributed by atoms with Gasteiger partial charge in [0.2, 0.25) is 5.91 Å². The molecule has 0 aliphatic carbocycles. The number of benzene rings is 1. The summed E-state index contributed by atoms with van der Waals surface area (Å²) >= 11 is 0. The minimum Gasteiger partial charge on any atom is -0.493 e. The highest BCUT2D eigenvalue weighted by Gasteiger charge is 2.16. The minimum absolute atomic E-state index is 0.0145. The van der Waals surface area contributed by atoms with Crippen molar-refractivity contribution in [3.8, 4) is 5.75 Å². The maximum absolute atomic E-state index is 12.9. The number of aromatic nitrogens is 3. The molecule has 0 N–H and O–H groups in total. The van der Waals surface area contributed by atoms with Crippen LogP contribution in [0.3, 0.4) is 0 Å². The molecule has 0 aliphatic rings. The van der Waals surface area contributed by atoms with Crippen molar-refractivity contribution in [3.05, 3.63) is 78.4 Å². The lowest BCUT2D eigenvalue weighted by atomic mass is 10.1. The average molecular weight is 378 g/mol. The van der Waals surface area contributed by atoms with E-state index in [1.807, 2.05) is 47.4 Å². The van der Waals surface area contributed by atoms with Crippen molar-refractivity contribution in [1.82, 2.24) is 19.7 Å². The molecule has 1 amide bonds. The number of carbonyl (C=O) groups excluding carboxylic acids is 1. The number of hydrogen-bond acceptors (Lipinski definition) is 4. The zero-order chi connectivity index (χ0) is 19.8. The molecule has 0 fully saturated rings. The van der Waals surface area contributed by atoms with Crippen molar-refractivity contribution < 1.29 is 9.53 Å². The summed E-state index contributed by atoms with van der Waals surface area (Å²) in [6, 6.07) is 13.6. The molecule has 0 bridgehead atoms. The van der Waals surface area contributed by atoms with Gasteiger partial charge in [0.1, 0.15) is 12.3 Å². The number of hydrogen-bond donors (Lipinski definition) is 0. The van der Waals surface area contributed by atoms with Crippen LogP contribution >= 0.6 is 0 Å².